The lowest BCUT2D eigenvalue weighted by Gasteiger charge is -2.41. The lowest BCUT2D eigenvalue weighted by atomic mass is 10.2. The van der Waals surface area contributed by atoms with Crippen LogP contribution in [0.2, 0.25) is 10.0 Å². The largest absolute Gasteiger partial charge is 0.339 e. The molecule has 0 N–H and O–H groups in total. The number of imidazole rings is 1. The molecule has 0 spiro atoms. The van der Waals surface area contributed by atoms with Gasteiger partial charge in [0.2, 0.25) is 0 Å². The summed E-state index contributed by atoms with van der Waals surface area (Å²) in [5.41, 5.74) is 1.22. The second-order valence-corrected chi connectivity index (χ2v) is 12.8. The first-order valence-corrected chi connectivity index (χ1v) is 15.3. The Bertz CT molecular complexity index is 1700. The second kappa shape index (κ2) is 12.4. The van der Waals surface area contributed by atoms with Gasteiger partial charge in [-0.1, -0.05) is 41.4 Å². The average Bonchev–Trinajstić information content (AvgIpc) is 3.40. The van der Waals surface area contributed by atoms with Crippen LogP contribution in [0.4, 0.5) is 14.9 Å². The molecule has 0 atom stereocenters. The number of benzene rings is 3. The van der Waals surface area contributed by atoms with E-state index in [1.807, 2.05) is 19.0 Å². The number of sulfonamides is 1. The van der Waals surface area contributed by atoms with Crippen LogP contribution in [-0.4, -0.2) is 65.5 Å². The molecule has 1 aromatic heterocycles. The Balaban J connectivity index is 1.49. The molecule has 13 heteroatoms. The number of hydrazine groups is 1. The Labute approximate surface area is 254 Å². The average molecular weight is 632 g/mol. The van der Waals surface area contributed by atoms with Gasteiger partial charge in [0.25, 0.3) is 10.0 Å². The second-order valence-electron chi connectivity index (χ2n) is 10.1. The Morgan fingerprint density at radius 1 is 0.952 bits per heavy atom. The Kier molecular flexibility index (Phi) is 8.86. The van der Waals surface area contributed by atoms with Crippen LogP contribution in [-0.2, 0) is 23.1 Å². The highest BCUT2D eigenvalue weighted by atomic mass is 35.5. The van der Waals surface area contributed by atoms with Crippen LogP contribution in [0, 0.1) is 5.82 Å². The molecule has 0 unspecified atom stereocenters. The number of urea groups is 1. The molecule has 220 valence electrons. The molecule has 4 aromatic rings. The minimum atomic E-state index is -4.24. The fourth-order valence-corrected chi connectivity index (χ4v) is 6.65. The number of aromatic nitrogens is 2. The van der Waals surface area contributed by atoms with E-state index >= 15 is 4.39 Å². The van der Waals surface area contributed by atoms with Crippen LogP contribution in [0.1, 0.15) is 17.8 Å². The van der Waals surface area contributed by atoms with Crippen LogP contribution in [0.15, 0.2) is 84.0 Å². The number of amides is 2. The summed E-state index contributed by atoms with van der Waals surface area (Å²) in [4.78, 5) is 21.4. The maximum Gasteiger partial charge on any atom is 0.339 e. The van der Waals surface area contributed by atoms with Crippen molar-refractivity contribution in [2.75, 3.05) is 32.1 Å². The quantitative estimate of drug-likeness (QED) is 0.233. The van der Waals surface area contributed by atoms with Gasteiger partial charge in [0.15, 0.2) is 0 Å². The van der Waals surface area contributed by atoms with Gasteiger partial charge in [-0.3, -0.25) is 4.90 Å². The lowest BCUT2D eigenvalue weighted by Crippen LogP contribution is -2.58. The van der Waals surface area contributed by atoms with Gasteiger partial charge >= 0.3 is 6.03 Å². The van der Waals surface area contributed by atoms with Crippen molar-refractivity contribution in [2.45, 2.75) is 24.4 Å². The molecule has 5 rings (SSSR count). The number of carbonyl (C=O) groups is 1. The van der Waals surface area contributed by atoms with Gasteiger partial charge in [-0.15, -0.1) is 4.41 Å². The van der Waals surface area contributed by atoms with Crippen molar-refractivity contribution >= 4 is 44.9 Å². The summed E-state index contributed by atoms with van der Waals surface area (Å²) in [7, 11) is -0.413. The number of carbonyl (C=O) groups excluding carboxylic acids is 1. The van der Waals surface area contributed by atoms with Gasteiger partial charge in [0.05, 0.1) is 23.7 Å². The molecule has 1 fully saturated rings. The first kappa shape index (κ1) is 30.0. The Morgan fingerprint density at radius 2 is 1.71 bits per heavy atom. The van der Waals surface area contributed by atoms with E-state index in [0.29, 0.717) is 29.2 Å². The summed E-state index contributed by atoms with van der Waals surface area (Å²) >= 11 is 12.2. The monoisotopic (exact) mass is 630 g/mol. The number of nitrogens with zero attached hydrogens (tertiary/aromatic N) is 6. The third kappa shape index (κ3) is 6.30. The molecular formula is C29H29Cl2FN6O3S. The maximum absolute atomic E-state index is 15.6. The number of anilines is 1. The molecule has 2 heterocycles. The fraction of sp³-hybridized carbons (Fsp3) is 0.241. The van der Waals surface area contributed by atoms with E-state index in [0.717, 1.165) is 15.2 Å². The Hall–Kier alpha value is -3.48. The summed E-state index contributed by atoms with van der Waals surface area (Å²) in [6.07, 6.45) is 3.80. The number of halogens is 3. The zero-order chi connectivity index (χ0) is 30.0. The van der Waals surface area contributed by atoms with E-state index in [-0.39, 0.29) is 35.2 Å². The summed E-state index contributed by atoms with van der Waals surface area (Å²) in [5, 5.41) is 1.88. The zero-order valence-corrected chi connectivity index (χ0v) is 25.3. The van der Waals surface area contributed by atoms with Crippen molar-refractivity contribution < 1.29 is 17.6 Å². The van der Waals surface area contributed by atoms with E-state index in [2.05, 4.69) is 4.98 Å². The maximum atomic E-state index is 15.6. The minimum Gasteiger partial charge on any atom is -0.303 e. The van der Waals surface area contributed by atoms with E-state index in [9.17, 15) is 13.2 Å². The molecule has 9 nitrogen and oxygen atoms in total. The molecule has 1 saturated heterocycles. The van der Waals surface area contributed by atoms with Crippen molar-refractivity contribution in [3.05, 3.63) is 106 Å². The van der Waals surface area contributed by atoms with Gasteiger partial charge in [-0.05, 0) is 68.5 Å². The highest BCUT2D eigenvalue weighted by molar-refractivity contribution is 7.89. The highest BCUT2D eigenvalue weighted by Gasteiger charge is 2.38. The SMILES string of the molecule is CN(C)Cc1nccn1-c1ccc(N2CCCN(N(Cc3ccc(Cl)cc3)S(=O)(=O)c3cccc(Cl)c3)C2=O)c(F)c1. The van der Waals surface area contributed by atoms with Gasteiger partial charge in [-0.2, -0.15) is 0 Å². The van der Waals surface area contributed by atoms with Gasteiger partial charge < -0.3 is 9.47 Å². The summed E-state index contributed by atoms with van der Waals surface area (Å²) in [6.45, 7) is 0.739. The summed E-state index contributed by atoms with van der Waals surface area (Å²) < 4.78 is 46.3. The van der Waals surface area contributed by atoms with Gasteiger partial charge in [-0.25, -0.2) is 27.6 Å². The smallest absolute Gasteiger partial charge is 0.303 e. The molecule has 2 amide bonds. The number of hydrogen-bond donors (Lipinski definition) is 0. The third-order valence-electron chi connectivity index (χ3n) is 6.75. The van der Waals surface area contributed by atoms with Crippen LogP contribution < -0.4 is 4.90 Å². The molecular weight excluding hydrogens is 602 g/mol. The number of hydrogen-bond acceptors (Lipinski definition) is 5. The van der Waals surface area contributed by atoms with Gasteiger partial charge in [0, 0.05) is 47.3 Å². The van der Waals surface area contributed by atoms with E-state index in [4.69, 9.17) is 23.2 Å². The molecule has 0 bridgehead atoms. The van der Waals surface area contributed by atoms with Crippen molar-refractivity contribution in [2.24, 2.45) is 0 Å². The molecule has 42 heavy (non-hydrogen) atoms. The standard InChI is InChI=1S/C29H29Cl2FN6O3S/c1-34(2)20-28-33-13-16-35(28)24-11-12-27(26(32)18-24)36-14-4-15-37(29(36)39)38(19-21-7-9-22(30)10-8-21)42(40,41)25-6-3-5-23(31)17-25/h3,5-13,16-18H,4,14-15,19-20H2,1-2H3. The van der Waals surface area contributed by atoms with Crippen molar-refractivity contribution in [3.63, 3.8) is 0 Å². The predicted molar refractivity (Wildman–Crippen MR) is 161 cm³/mol. The first-order valence-electron chi connectivity index (χ1n) is 13.1. The summed E-state index contributed by atoms with van der Waals surface area (Å²) in [6, 6.07) is 16.4. The normalized spacial score (nSPS) is 14.3. The fourth-order valence-electron chi connectivity index (χ4n) is 4.77. The molecule has 1 aliphatic heterocycles. The first-order chi connectivity index (χ1) is 20.0. The van der Waals surface area contributed by atoms with E-state index in [1.165, 1.54) is 35.2 Å². The topological polar surface area (TPSA) is 82.0 Å². The van der Waals surface area contributed by atoms with Crippen molar-refractivity contribution in [1.29, 1.82) is 0 Å². The third-order valence-corrected chi connectivity index (χ3v) is 8.97. The highest BCUT2D eigenvalue weighted by Crippen LogP contribution is 2.30. The molecule has 1 aliphatic rings. The molecule has 3 aromatic carbocycles. The predicted octanol–water partition coefficient (Wildman–Crippen LogP) is 5.82. The minimum absolute atomic E-state index is 0.0503. The van der Waals surface area contributed by atoms with Crippen LogP contribution in [0.25, 0.3) is 5.69 Å². The lowest BCUT2D eigenvalue weighted by molar-refractivity contribution is 0.0793. The zero-order valence-electron chi connectivity index (χ0n) is 23.0. The van der Waals surface area contributed by atoms with Crippen molar-refractivity contribution in [3.8, 4) is 5.69 Å². The van der Waals surface area contributed by atoms with Crippen LogP contribution >= 0.6 is 23.2 Å². The number of rotatable bonds is 9. The van der Waals surface area contributed by atoms with Crippen molar-refractivity contribution in [1.82, 2.24) is 23.9 Å². The van der Waals surface area contributed by atoms with E-state index < -0.39 is 21.9 Å². The molecule has 0 radical (unpaired) electrons. The Morgan fingerprint density at radius 3 is 2.40 bits per heavy atom. The summed E-state index contributed by atoms with van der Waals surface area (Å²) in [5.74, 6) is 0.116. The molecule has 0 saturated carbocycles. The molecule has 0 aliphatic carbocycles. The van der Waals surface area contributed by atoms with Crippen LogP contribution in [0.5, 0.6) is 0 Å². The van der Waals surface area contributed by atoms with Crippen LogP contribution in [0.3, 0.4) is 0 Å². The van der Waals surface area contributed by atoms with Gasteiger partial charge in [0.1, 0.15) is 11.6 Å². The van der Waals surface area contributed by atoms with E-state index in [1.54, 1.807) is 53.4 Å².